The number of halogens is 2. The van der Waals surface area contributed by atoms with E-state index < -0.39 is 0 Å². The summed E-state index contributed by atoms with van der Waals surface area (Å²) in [5.41, 5.74) is 1.90. The van der Waals surface area contributed by atoms with Crippen LogP contribution in [0, 0.1) is 12.8 Å². The van der Waals surface area contributed by atoms with Gasteiger partial charge in [-0.2, -0.15) is 0 Å². The van der Waals surface area contributed by atoms with E-state index >= 15 is 0 Å². The first kappa shape index (κ1) is 14.8. The summed E-state index contributed by atoms with van der Waals surface area (Å²) in [6, 6.07) is 3.74. The quantitative estimate of drug-likeness (QED) is 0.811. The number of fused-ring (bicyclic) bond motifs is 1. The number of nitrogens with zero attached hydrogens (tertiary/aromatic N) is 1. The Bertz CT molecular complexity index is 626. The summed E-state index contributed by atoms with van der Waals surface area (Å²) >= 11 is 10.8. The van der Waals surface area contributed by atoms with E-state index in [2.05, 4.69) is 26.2 Å². The molecule has 2 aromatic rings. The molecule has 0 saturated heterocycles. The van der Waals surface area contributed by atoms with Gasteiger partial charge in [0, 0.05) is 5.02 Å². The van der Waals surface area contributed by atoms with Gasteiger partial charge in [0.05, 0.1) is 15.0 Å². The number of carbonyl (C=O) groups is 1. The van der Waals surface area contributed by atoms with Crippen LogP contribution in [0.5, 0.6) is 0 Å². The fourth-order valence-corrected chi connectivity index (χ4v) is 3.12. The van der Waals surface area contributed by atoms with Gasteiger partial charge in [-0.25, -0.2) is 4.98 Å². The minimum atomic E-state index is -0.218. The van der Waals surface area contributed by atoms with E-state index in [1.165, 1.54) is 11.3 Å². The molecule has 2 rings (SSSR count). The van der Waals surface area contributed by atoms with E-state index in [4.69, 9.17) is 11.6 Å². The summed E-state index contributed by atoms with van der Waals surface area (Å²) in [4.78, 5) is 16.2. The lowest BCUT2D eigenvalue weighted by Gasteiger charge is -2.11. The molecule has 0 aliphatic rings. The van der Waals surface area contributed by atoms with Gasteiger partial charge in [-0.1, -0.05) is 52.7 Å². The number of benzene rings is 1. The largest absolute Gasteiger partial charge is 0.301 e. The Morgan fingerprint density at radius 3 is 2.79 bits per heavy atom. The molecule has 102 valence electrons. The molecule has 0 spiro atoms. The van der Waals surface area contributed by atoms with Gasteiger partial charge < -0.3 is 5.32 Å². The number of carbonyl (C=O) groups excluding carboxylic acids is 1. The first-order valence-corrected chi connectivity index (χ1v) is 8.01. The summed E-state index contributed by atoms with van der Waals surface area (Å²) in [7, 11) is 0. The van der Waals surface area contributed by atoms with Gasteiger partial charge in [-0.15, -0.1) is 0 Å². The van der Waals surface area contributed by atoms with Crippen LogP contribution in [0.15, 0.2) is 12.1 Å². The van der Waals surface area contributed by atoms with E-state index in [1.807, 2.05) is 32.9 Å². The predicted molar refractivity (Wildman–Crippen MR) is 85.5 cm³/mol. The number of aryl methyl sites for hydroxylation is 1. The van der Waals surface area contributed by atoms with Crippen LogP contribution < -0.4 is 5.32 Å². The zero-order chi connectivity index (χ0) is 14.2. The van der Waals surface area contributed by atoms with Gasteiger partial charge in [-0.3, -0.25) is 4.79 Å². The van der Waals surface area contributed by atoms with Crippen LogP contribution in [-0.2, 0) is 4.79 Å². The second-order valence-electron chi connectivity index (χ2n) is 4.72. The van der Waals surface area contributed by atoms with Crippen molar-refractivity contribution in [3.8, 4) is 0 Å². The van der Waals surface area contributed by atoms with E-state index in [0.717, 1.165) is 15.8 Å². The number of rotatable bonds is 3. The molecule has 0 aliphatic heterocycles. The fourth-order valence-electron chi connectivity index (χ4n) is 1.68. The number of amides is 1. The fraction of sp³-hybridized carbons (Fsp3) is 0.385. The minimum Gasteiger partial charge on any atom is -0.301 e. The second-order valence-corrected chi connectivity index (χ2v) is 7.18. The molecule has 1 amide bonds. The maximum Gasteiger partial charge on any atom is 0.240 e. The normalized spacial score (nSPS) is 12.9. The summed E-state index contributed by atoms with van der Waals surface area (Å²) in [5.74, 6) is 0.156. The summed E-state index contributed by atoms with van der Waals surface area (Å²) < 4.78 is 0.982. The number of hydrogen-bond acceptors (Lipinski definition) is 3. The molecule has 0 fully saturated rings. The van der Waals surface area contributed by atoms with Crippen molar-refractivity contribution in [2.45, 2.75) is 25.6 Å². The Hall–Kier alpha value is -0.650. The van der Waals surface area contributed by atoms with E-state index in [-0.39, 0.29) is 16.7 Å². The number of hydrogen-bond donors (Lipinski definition) is 1. The molecule has 3 nitrogen and oxygen atoms in total. The standard InChI is InChI=1S/C13H14BrClN2OS/c1-6(2)10(14)12(18)17-13-16-11-7(3)4-8(15)5-9(11)19-13/h4-6,10H,1-3H3,(H,16,17,18). The number of thiazole rings is 1. The number of aromatic nitrogens is 1. The van der Waals surface area contributed by atoms with Gasteiger partial charge in [0.1, 0.15) is 0 Å². The summed E-state index contributed by atoms with van der Waals surface area (Å²) in [5, 5.41) is 4.13. The number of nitrogens with one attached hydrogen (secondary N) is 1. The highest BCUT2D eigenvalue weighted by atomic mass is 79.9. The van der Waals surface area contributed by atoms with E-state index in [1.54, 1.807) is 0 Å². The molecule has 1 heterocycles. The summed E-state index contributed by atoms with van der Waals surface area (Å²) in [6.45, 7) is 5.93. The van der Waals surface area contributed by atoms with Gasteiger partial charge >= 0.3 is 0 Å². The molecule has 1 N–H and O–H groups in total. The van der Waals surface area contributed by atoms with Crippen molar-refractivity contribution in [1.29, 1.82) is 0 Å². The second kappa shape index (κ2) is 5.77. The molecule has 1 unspecified atom stereocenters. The predicted octanol–water partition coefficient (Wildman–Crippen LogP) is 4.62. The Kier molecular flexibility index (Phi) is 4.48. The highest BCUT2D eigenvalue weighted by Crippen LogP contribution is 2.31. The van der Waals surface area contributed by atoms with Crippen LogP contribution >= 0.6 is 38.9 Å². The lowest BCUT2D eigenvalue weighted by Crippen LogP contribution is -2.26. The molecule has 6 heteroatoms. The lowest BCUT2D eigenvalue weighted by molar-refractivity contribution is -0.116. The zero-order valence-electron chi connectivity index (χ0n) is 10.8. The molecule has 1 aromatic carbocycles. The molecule has 19 heavy (non-hydrogen) atoms. The summed E-state index contributed by atoms with van der Waals surface area (Å²) in [6.07, 6.45) is 0. The van der Waals surface area contributed by atoms with Crippen molar-refractivity contribution in [3.63, 3.8) is 0 Å². The van der Waals surface area contributed by atoms with Crippen molar-refractivity contribution in [3.05, 3.63) is 22.7 Å². The van der Waals surface area contributed by atoms with Crippen molar-refractivity contribution in [1.82, 2.24) is 4.98 Å². The van der Waals surface area contributed by atoms with Crippen molar-refractivity contribution in [2.24, 2.45) is 5.92 Å². The lowest BCUT2D eigenvalue weighted by atomic mass is 10.1. The van der Waals surface area contributed by atoms with Gasteiger partial charge in [0.15, 0.2) is 5.13 Å². The average Bonchev–Trinajstić information content (AvgIpc) is 2.70. The minimum absolute atomic E-state index is 0.0715. The third-order valence-electron chi connectivity index (χ3n) is 2.72. The molecule has 0 radical (unpaired) electrons. The Balaban J connectivity index is 2.27. The third kappa shape index (κ3) is 3.27. The highest BCUT2D eigenvalue weighted by molar-refractivity contribution is 9.10. The molecular formula is C13H14BrClN2OS. The maximum atomic E-state index is 12.0. The average molecular weight is 362 g/mol. The SMILES string of the molecule is Cc1cc(Cl)cc2sc(NC(=O)C(Br)C(C)C)nc12. The molecule has 1 atom stereocenters. The maximum absolute atomic E-state index is 12.0. The third-order valence-corrected chi connectivity index (χ3v) is 5.33. The highest BCUT2D eigenvalue weighted by Gasteiger charge is 2.20. The van der Waals surface area contributed by atoms with Crippen molar-refractivity contribution < 1.29 is 4.79 Å². The van der Waals surface area contributed by atoms with Crippen molar-refractivity contribution >= 4 is 60.1 Å². The van der Waals surface area contributed by atoms with Crippen LogP contribution in [-0.4, -0.2) is 15.7 Å². The number of anilines is 1. The van der Waals surface area contributed by atoms with E-state index in [0.29, 0.717) is 10.2 Å². The Labute approximate surface area is 129 Å². The van der Waals surface area contributed by atoms with E-state index in [9.17, 15) is 4.79 Å². The van der Waals surface area contributed by atoms with Crippen LogP contribution in [0.2, 0.25) is 5.02 Å². The Morgan fingerprint density at radius 1 is 1.47 bits per heavy atom. The van der Waals surface area contributed by atoms with Gasteiger partial charge in [0.25, 0.3) is 0 Å². The number of alkyl halides is 1. The van der Waals surface area contributed by atoms with Gasteiger partial charge in [0.2, 0.25) is 5.91 Å². The van der Waals surface area contributed by atoms with Crippen LogP contribution in [0.4, 0.5) is 5.13 Å². The molecule has 0 bridgehead atoms. The topological polar surface area (TPSA) is 42.0 Å². The zero-order valence-corrected chi connectivity index (χ0v) is 14.0. The first-order valence-electron chi connectivity index (χ1n) is 5.90. The molecule has 1 aromatic heterocycles. The van der Waals surface area contributed by atoms with Gasteiger partial charge in [-0.05, 0) is 30.5 Å². The smallest absolute Gasteiger partial charge is 0.240 e. The Morgan fingerprint density at radius 2 is 2.16 bits per heavy atom. The van der Waals surface area contributed by atoms with Crippen molar-refractivity contribution in [2.75, 3.05) is 5.32 Å². The molecular weight excluding hydrogens is 348 g/mol. The van der Waals surface area contributed by atoms with Crippen LogP contribution in [0.3, 0.4) is 0 Å². The molecule has 0 aliphatic carbocycles. The first-order chi connectivity index (χ1) is 8.88. The van der Waals surface area contributed by atoms with Crippen LogP contribution in [0.25, 0.3) is 10.2 Å². The monoisotopic (exact) mass is 360 g/mol. The molecule has 0 saturated carbocycles. The van der Waals surface area contributed by atoms with Crippen LogP contribution in [0.1, 0.15) is 19.4 Å².